The van der Waals surface area contributed by atoms with Gasteiger partial charge >= 0.3 is 0 Å². The summed E-state index contributed by atoms with van der Waals surface area (Å²) in [5.41, 5.74) is 7.85. The lowest BCUT2D eigenvalue weighted by atomic mass is 9.80. The molecule has 14 heavy (non-hydrogen) atoms. The maximum atomic E-state index is 12.0. The average Bonchev–Trinajstić information content (AvgIpc) is 2.18. The Morgan fingerprint density at radius 3 is 2.86 bits per heavy atom. The van der Waals surface area contributed by atoms with E-state index in [0.717, 1.165) is 18.4 Å². The third-order valence-electron chi connectivity index (χ3n) is 2.98. The lowest BCUT2D eigenvalue weighted by Gasteiger charge is -2.25. The van der Waals surface area contributed by atoms with Crippen LogP contribution in [-0.4, -0.2) is 11.8 Å². The Morgan fingerprint density at radius 1 is 1.43 bits per heavy atom. The van der Waals surface area contributed by atoms with Gasteiger partial charge in [0.05, 0.1) is 0 Å². The molecular formula is C12H15NO. The van der Waals surface area contributed by atoms with Crippen LogP contribution >= 0.6 is 0 Å². The molecule has 0 amide bonds. The van der Waals surface area contributed by atoms with Crippen molar-refractivity contribution in [3.63, 3.8) is 0 Å². The van der Waals surface area contributed by atoms with Crippen molar-refractivity contribution in [3.05, 3.63) is 35.4 Å². The highest BCUT2D eigenvalue weighted by Crippen LogP contribution is 2.26. The Kier molecular flexibility index (Phi) is 2.38. The van der Waals surface area contributed by atoms with E-state index in [2.05, 4.69) is 0 Å². The van der Waals surface area contributed by atoms with E-state index in [9.17, 15) is 4.79 Å². The van der Waals surface area contributed by atoms with E-state index >= 15 is 0 Å². The standard InChI is InChI=1S/C12H15NO/c1-8(13)10-7-6-9-4-2-3-5-11(9)12(10)14/h2-5,8,10H,6-7,13H2,1H3. The van der Waals surface area contributed by atoms with Gasteiger partial charge in [0.15, 0.2) is 5.78 Å². The predicted molar refractivity (Wildman–Crippen MR) is 56.2 cm³/mol. The number of hydrogen-bond donors (Lipinski definition) is 1. The molecule has 0 saturated carbocycles. The van der Waals surface area contributed by atoms with Gasteiger partial charge in [-0.1, -0.05) is 24.3 Å². The predicted octanol–water partition coefficient (Wildman–Crippen LogP) is 1.78. The van der Waals surface area contributed by atoms with Gasteiger partial charge in [0.2, 0.25) is 0 Å². The van der Waals surface area contributed by atoms with Gasteiger partial charge in [-0.05, 0) is 25.3 Å². The number of nitrogens with two attached hydrogens (primary N) is 1. The van der Waals surface area contributed by atoms with E-state index in [-0.39, 0.29) is 17.7 Å². The van der Waals surface area contributed by atoms with Gasteiger partial charge in [-0.25, -0.2) is 0 Å². The van der Waals surface area contributed by atoms with Gasteiger partial charge in [0.1, 0.15) is 0 Å². The maximum Gasteiger partial charge on any atom is 0.167 e. The molecule has 1 aromatic rings. The third-order valence-corrected chi connectivity index (χ3v) is 2.98. The molecule has 1 aliphatic rings. The van der Waals surface area contributed by atoms with Crippen molar-refractivity contribution in [3.8, 4) is 0 Å². The normalized spacial score (nSPS) is 23.0. The first-order valence-electron chi connectivity index (χ1n) is 5.08. The zero-order chi connectivity index (χ0) is 10.1. The Bertz CT molecular complexity index is 357. The van der Waals surface area contributed by atoms with E-state index < -0.39 is 0 Å². The highest BCUT2D eigenvalue weighted by Gasteiger charge is 2.29. The van der Waals surface area contributed by atoms with Crippen LogP contribution in [0, 0.1) is 5.92 Å². The summed E-state index contributed by atoms with van der Waals surface area (Å²) in [5, 5.41) is 0. The molecule has 2 rings (SSSR count). The molecular weight excluding hydrogens is 174 g/mol. The lowest BCUT2D eigenvalue weighted by molar-refractivity contribution is 0.0886. The molecule has 74 valence electrons. The Morgan fingerprint density at radius 2 is 2.14 bits per heavy atom. The van der Waals surface area contributed by atoms with Crippen LogP contribution in [0.4, 0.5) is 0 Å². The fourth-order valence-corrected chi connectivity index (χ4v) is 2.12. The maximum absolute atomic E-state index is 12.0. The van der Waals surface area contributed by atoms with Crippen molar-refractivity contribution < 1.29 is 4.79 Å². The minimum atomic E-state index is -0.0316. The number of carbonyl (C=O) groups excluding carboxylic acids is 1. The van der Waals surface area contributed by atoms with Crippen molar-refractivity contribution in [2.75, 3.05) is 0 Å². The van der Waals surface area contributed by atoms with Crippen LogP contribution in [0.15, 0.2) is 24.3 Å². The number of hydrogen-bond acceptors (Lipinski definition) is 2. The highest BCUT2D eigenvalue weighted by atomic mass is 16.1. The minimum absolute atomic E-state index is 0.0184. The molecule has 2 nitrogen and oxygen atoms in total. The SMILES string of the molecule is CC(N)C1CCc2ccccc2C1=O. The number of rotatable bonds is 1. The van der Waals surface area contributed by atoms with Gasteiger partial charge in [-0.2, -0.15) is 0 Å². The van der Waals surface area contributed by atoms with Gasteiger partial charge in [-0.15, -0.1) is 0 Å². The van der Waals surface area contributed by atoms with Crippen LogP contribution in [-0.2, 0) is 6.42 Å². The molecule has 1 aromatic carbocycles. The molecule has 2 N–H and O–H groups in total. The third kappa shape index (κ3) is 1.46. The van der Waals surface area contributed by atoms with Crippen LogP contribution in [0.3, 0.4) is 0 Å². The van der Waals surface area contributed by atoms with Gasteiger partial charge in [-0.3, -0.25) is 4.79 Å². The average molecular weight is 189 g/mol. The summed E-state index contributed by atoms with van der Waals surface area (Å²) in [6.45, 7) is 1.91. The number of benzene rings is 1. The summed E-state index contributed by atoms with van der Waals surface area (Å²) in [6, 6.07) is 7.81. The number of fused-ring (bicyclic) bond motifs is 1. The molecule has 2 unspecified atom stereocenters. The van der Waals surface area contributed by atoms with Crippen molar-refractivity contribution >= 4 is 5.78 Å². The van der Waals surface area contributed by atoms with E-state index in [0.29, 0.717) is 0 Å². The van der Waals surface area contributed by atoms with Gasteiger partial charge in [0.25, 0.3) is 0 Å². The summed E-state index contributed by atoms with van der Waals surface area (Å²) >= 11 is 0. The first-order chi connectivity index (χ1) is 6.70. The molecule has 0 aromatic heterocycles. The monoisotopic (exact) mass is 189 g/mol. The molecule has 0 heterocycles. The quantitative estimate of drug-likeness (QED) is 0.731. The van der Waals surface area contributed by atoms with Crippen molar-refractivity contribution in [2.24, 2.45) is 11.7 Å². The largest absolute Gasteiger partial charge is 0.327 e. The number of aryl methyl sites for hydroxylation is 1. The van der Waals surface area contributed by atoms with Crippen molar-refractivity contribution in [1.82, 2.24) is 0 Å². The van der Waals surface area contributed by atoms with Crippen LogP contribution in [0.5, 0.6) is 0 Å². The summed E-state index contributed by atoms with van der Waals surface area (Å²) in [4.78, 5) is 12.0. The fourth-order valence-electron chi connectivity index (χ4n) is 2.12. The van der Waals surface area contributed by atoms with E-state index in [1.807, 2.05) is 31.2 Å². The molecule has 1 aliphatic carbocycles. The molecule has 2 atom stereocenters. The fraction of sp³-hybridized carbons (Fsp3) is 0.417. The van der Waals surface area contributed by atoms with Gasteiger partial charge < -0.3 is 5.73 Å². The Hall–Kier alpha value is -1.15. The molecule has 2 heteroatoms. The zero-order valence-corrected chi connectivity index (χ0v) is 8.36. The summed E-state index contributed by atoms with van der Waals surface area (Å²) < 4.78 is 0. The second-order valence-electron chi connectivity index (χ2n) is 4.03. The van der Waals surface area contributed by atoms with Crippen molar-refractivity contribution in [1.29, 1.82) is 0 Å². The van der Waals surface area contributed by atoms with Crippen LogP contribution < -0.4 is 5.73 Å². The number of Topliss-reactive ketones (excluding diaryl/α,β-unsaturated/α-hetero) is 1. The number of ketones is 1. The minimum Gasteiger partial charge on any atom is -0.327 e. The van der Waals surface area contributed by atoms with Crippen LogP contribution in [0.1, 0.15) is 29.3 Å². The van der Waals surface area contributed by atoms with E-state index in [1.165, 1.54) is 5.56 Å². The topological polar surface area (TPSA) is 43.1 Å². The second-order valence-corrected chi connectivity index (χ2v) is 4.03. The summed E-state index contributed by atoms with van der Waals surface area (Å²) in [5.74, 6) is 0.242. The molecule has 0 aliphatic heterocycles. The molecule has 0 saturated heterocycles. The lowest BCUT2D eigenvalue weighted by Crippen LogP contribution is -2.36. The zero-order valence-electron chi connectivity index (χ0n) is 8.36. The first kappa shape index (κ1) is 9.41. The highest BCUT2D eigenvalue weighted by molar-refractivity contribution is 6.00. The molecule has 0 fully saturated rings. The van der Waals surface area contributed by atoms with E-state index in [1.54, 1.807) is 0 Å². The second kappa shape index (κ2) is 3.54. The number of carbonyl (C=O) groups is 1. The summed E-state index contributed by atoms with van der Waals surface area (Å²) in [6.07, 6.45) is 1.88. The summed E-state index contributed by atoms with van der Waals surface area (Å²) in [7, 11) is 0. The Balaban J connectivity index is 2.37. The smallest absolute Gasteiger partial charge is 0.167 e. The molecule has 0 radical (unpaired) electrons. The Labute approximate surface area is 84.1 Å². The van der Waals surface area contributed by atoms with Gasteiger partial charge in [0, 0.05) is 17.5 Å². The van der Waals surface area contributed by atoms with Crippen molar-refractivity contribution in [2.45, 2.75) is 25.8 Å². The van der Waals surface area contributed by atoms with Crippen LogP contribution in [0.2, 0.25) is 0 Å². The van der Waals surface area contributed by atoms with E-state index in [4.69, 9.17) is 5.73 Å². The molecule has 0 spiro atoms. The first-order valence-corrected chi connectivity index (χ1v) is 5.08. The van der Waals surface area contributed by atoms with Crippen LogP contribution in [0.25, 0.3) is 0 Å². The molecule has 0 bridgehead atoms.